The molecule has 2 rings (SSSR count). The van der Waals surface area contributed by atoms with Crippen molar-refractivity contribution in [2.45, 2.75) is 6.92 Å². The molecule has 0 atom stereocenters. The molecule has 0 spiro atoms. The van der Waals surface area contributed by atoms with Crippen LogP contribution in [0.15, 0.2) is 29.1 Å². The first kappa shape index (κ1) is 10.8. The van der Waals surface area contributed by atoms with Gasteiger partial charge in [0.25, 0.3) is 5.56 Å². The number of aryl methyl sites for hydroxylation is 1. The van der Waals surface area contributed by atoms with Crippen molar-refractivity contribution >= 4 is 11.6 Å². The highest BCUT2D eigenvalue weighted by atomic mass is 35.5. The number of nitrogens with zero attached hydrogens (tertiary/aromatic N) is 1. The van der Waals surface area contributed by atoms with Crippen LogP contribution in [0, 0.1) is 12.7 Å². The van der Waals surface area contributed by atoms with Gasteiger partial charge in [0.05, 0.1) is 5.69 Å². The number of rotatable bonds is 1. The van der Waals surface area contributed by atoms with Gasteiger partial charge in [-0.2, -0.15) is 4.39 Å². The van der Waals surface area contributed by atoms with Crippen LogP contribution >= 0.6 is 11.6 Å². The average molecular weight is 239 g/mol. The average Bonchev–Trinajstić information content (AvgIpc) is 2.25. The maximum Gasteiger partial charge on any atom is 0.287 e. The van der Waals surface area contributed by atoms with Crippen molar-refractivity contribution in [3.63, 3.8) is 0 Å². The molecule has 2 aromatic rings. The zero-order valence-corrected chi connectivity index (χ0v) is 9.18. The van der Waals surface area contributed by atoms with Gasteiger partial charge in [-0.25, -0.2) is 4.98 Å². The molecule has 5 heteroatoms. The molecule has 0 amide bonds. The Hall–Kier alpha value is -1.68. The molecule has 0 radical (unpaired) electrons. The normalized spacial score (nSPS) is 10.4. The molecule has 1 aromatic carbocycles. The van der Waals surface area contributed by atoms with Crippen LogP contribution < -0.4 is 5.56 Å². The molecule has 0 unspecified atom stereocenters. The van der Waals surface area contributed by atoms with Crippen molar-refractivity contribution < 1.29 is 4.39 Å². The van der Waals surface area contributed by atoms with E-state index >= 15 is 0 Å². The Balaban J connectivity index is 2.61. The lowest BCUT2D eigenvalue weighted by Gasteiger charge is -2.02. The number of H-pyrrole nitrogens is 1. The lowest BCUT2D eigenvalue weighted by molar-refractivity contribution is 0.589. The molecule has 0 saturated heterocycles. The third kappa shape index (κ3) is 1.97. The minimum absolute atomic E-state index is 0.0683. The van der Waals surface area contributed by atoms with Gasteiger partial charge in [-0.3, -0.25) is 4.79 Å². The number of benzene rings is 1. The smallest absolute Gasteiger partial charge is 0.287 e. The monoisotopic (exact) mass is 238 g/mol. The molecule has 1 aromatic heterocycles. The van der Waals surface area contributed by atoms with E-state index in [1.54, 1.807) is 24.3 Å². The first-order valence-electron chi connectivity index (χ1n) is 4.60. The first-order chi connectivity index (χ1) is 7.58. The zero-order valence-electron chi connectivity index (χ0n) is 8.42. The predicted octanol–water partition coefficient (Wildman–Crippen LogP) is 2.54. The second-order valence-electron chi connectivity index (χ2n) is 3.32. The van der Waals surface area contributed by atoms with Gasteiger partial charge in [0.2, 0.25) is 5.82 Å². The summed E-state index contributed by atoms with van der Waals surface area (Å²) < 4.78 is 13.1. The number of nitrogens with one attached hydrogen (secondary N) is 1. The van der Waals surface area contributed by atoms with Crippen LogP contribution in [0.5, 0.6) is 0 Å². The molecule has 82 valence electrons. The highest BCUT2D eigenvalue weighted by molar-refractivity contribution is 6.30. The van der Waals surface area contributed by atoms with Gasteiger partial charge in [0, 0.05) is 10.6 Å². The Morgan fingerprint density at radius 2 is 2.19 bits per heavy atom. The van der Waals surface area contributed by atoms with Crippen molar-refractivity contribution in [3.05, 3.63) is 51.2 Å². The lowest BCUT2D eigenvalue weighted by atomic mass is 10.2. The second kappa shape index (κ2) is 4.06. The van der Waals surface area contributed by atoms with E-state index in [0.717, 1.165) is 0 Å². The van der Waals surface area contributed by atoms with Crippen LogP contribution in [-0.4, -0.2) is 9.97 Å². The summed E-state index contributed by atoms with van der Waals surface area (Å²) in [5.41, 5.74) is -0.0612. The third-order valence-electron chi connectivity index (χ3n) is 2.13. The van der Waals surface area contributed by atoms with E-state index in [9.17, 15) is 9.18 Å². The van der Waals surface area contributed by atoms with E-state index in [2.05, 4.69) is 9.97 Å². The Labute approximate surface area is 95.9 Å². The van der Waals surface area contributed by atoms with Gasteiger partial charge in [0.1, 0.15) is 5.82 Å². The quantitative estimate of drug-likeness (QED) is 0.830. The Bertz CT molecular complexity index is 595. The number of aromatic amines is 1. The molecule has 0 fully saturated rings. The van der Waals surface area contributed by atoms with Crippen molar-refractivity contribution in [2.75, 3.05) is 0 Å². The number of hydrogen-bond acceptors (Lipinski definition) is 2. The molecule has 1 N–H and O–H groups in total. The Morgan fingerprint density at radius 1 is 1.44 bits per heavy atom. The number of hydrogen-bond donors (Lipinski definition) is 1. The topological polar surface area (TPSA) is 45.8 Å². The molecule has 0 saturated carbocycles. The number of halogens is 2. The van der Waals surface area contributed by atoms with Gasteiger partial charge in [0.15, 0.2) is 0 Å². The second-order valence-corrected chi connectivity index (χ2v) is 3.76. The molecule has 16 heavy (non-hydrogen) atoms. The Kier molecular flexibility index (Phi) is 2.75. The maximum atomic E-state index is 13.1. The molecule has 3 nitrogen and oxygen atoms in total. The van der Waals surface area contributed by atoms with Gasteiger partial charge in [-0.15, -0.1) is 0 Å². The van der Waals surface area contributed by atoms with Crippen LogP contribution in [0.4, 0.5) is 4.39 Å². The van der Waals surface area contributed by atoms with Crippen LogP contribution in [-0.2, 0) is 0 Å². The largest absolute Gasteiger partial charge is 0.304 e. The first-order valence-corrected chi connectivity index (χ1v) is 4.98. The van der Waals surface area contributed by atoms with Crippen LogP contribution in [0.1, 0.15) is 5.69 Å². The van der Waals surface area contributed by atoms with Crippen molar-refractivity contribution in [3.8, 4) is 11.4 Å². The predicted molar refractivity (Wildman–Crippen MR) is 60.0 cm³/mol. The lowest BCUT2D eigenvalue weighted by Crippen LogP contribution is -2.15. The fourth-order valence-electron chi connectivity index (χ4n) is 1.34. The highest BCUT2D eigenvalue weighted by Gasteiger charge is 2.08. The molecule has 0 bridgehead atoms. The minimum Gasteiger partial charge on any atom is -0.304 e. The minimum atomic E-state index is -0.856. The highest BCUT2D eigenvalue weighted by Crippen LogP contribution is 2.18. The fraction of sp³-hybridized carbons (Fsp3) is 0.0909. The zero-order chi connectivity index (χ0) is 11.7. The summed E-state index contributed by atoms with van der Waals surface area (Å²) in [5.74, 6) is -0.544. The van der Waals surface area contributed by atoms with Gasteiger partial charge >= 0.3 is 0 Å². The van der Waals surface area contributed by atoms with Crippen LogP contribution in [0.3, 0.4) is 0 Å². The van der Waals surface area contributed by atoms with Gasteiger partial charge in [-0.05, 0) is 19.1 Å². The fourth-order valence-corrected chi connectivity index (χ4v) is 1.53. The standard InChI is InChI=1S/C11H8ClFN2O/c1-6-9(13)11(16)15-10(14-6)7-3-2-4-8(12)5-7/h2-5H,1H3,(H,14,15,16). The van der Waals surface area contributed by atoms with Gasteiger partial charge in [-0.1, -0.05) is 23.7 Å². The SMILES string of the molecule is Cc1nc(-c2cccc(Cl)c2)[nH]c(=O)c1F. The van der Waals surface area contributed by atoms with E-state index in [-0.39, 0.29) is 5.69 Å². The molecular formula is C11H8ClFN2O. The summed E-state index contributed by atoms with van der Waals surface area (Å²) in [7, 11) is 0. The molecule has 0 aliphatic carbocycles. The van der Waals surface area contributed by atoms with E-state index < -0.39 is 11.4 Å². The van der Waals surface area contributed by atoms with Crippen molar-refractivity contribution in [2.24, 2.45) is 0 Å². The summed E-state index contributed by atoms with van der Waals surface area (Å²) in [6, 6.07) is 6.83. The third-order valence-corrected chi connectivity index (χ3v) is 2.36. The number of aromatic nitrogens is 2. The summed E-state index contributed by atoms with van der Waals surface area (Å²) in [6.07, 6.45) is 0. The van der Waals surface area contributed by atoms with Crippen molar-refractivity contribution in [1.29, 1.82) is 0 Å². The van der Waals surface area contributed by atoms with Crippen LogP contribution in [0.2, 0.25) is 5.02 Å². The van der Waals surface area contributed by atoms with Gasteiger partial charge < -0.3 is 4.98 Å². The molecular weight excluding hydrogens is 231 g/mol. The maximum absolute atomic E-state index is 13.1. The molecule has 0 aliphatic rings. The van der Waals surface area contributed by atoms with E-state index in [1.165, 1.54) is 6.92 Å². The molecule has 1 heterocycles. The summed E-state index contributed by atoms with van der Waals surface area (Å²) in [6.45, 7) is 1.44. The summed E-state index contributed by atoms with van der Waals surface area (Å²) in [4.78, 5) is 17.5. The van der Waals surface area contributed by atoms with Crippen LogP contribution in [0.25, 0.3) is 11.4 Å². The molecule has 0 aliphatic heterocycles. The van der Waals surface area contributed by atoms with E-state index in [4.69, 9.17) is 11.6 Å². The Morgan fingerprint density at radius 3 is 2.81 bits per heavy atom. The summed E-state index contributed by atoms with van der Waals surface area (Å²) in [5, 5.41) is 0.530. The van der Waals surface area contributed by atoms with E-state index in [0.29, 0.717) is 16.4 Å². The summed E-state index contributed by atoms with van der Waals surface area (Å²) >= 11 is 5.81. The van der Waals surface area contributed by atoms with Crippen molar-refractivity contribution in [1.82, 2.24) is 9.97 Å². The van der Waals surface area contributed by atoms with E-state index in [1.807, 2.05) is 0 Å².